The molecule has 1 N–H and O–H groups in total. The van der Waals surface area contributed by atoms with Crippen LogP contribution >= 0.6 is 0 Å². The van der Waals surface area contributed by atoms with Gasteiger partial charge < -0.3 is 19.7 Å². The summed E-state index contributed by atoms with van der Waals surface area (Å²) in [5, 5.41) is 3.37. The Balaban J connectivity index is 2.55. The summed E-state index contributed by atoms with van der Waals surface area (Å²) in [6.45, 7) is 5.53. The van der Waals surface area contributed by atoms with Gasteiger partial charge in [-0.05, 0) is 26.3 Å². The molecule has 1 heterocycles. The highest BCUT2D eigenvalue weighted by molar-refractivity contribution is 5.79. The molecule has 1 rings (SSSR count). The summed E-state index contributed by atoms with van der Waals surface area (Å²) in [4.78, 5) is 14.4. The first-order valence-corrected chi connectivity index (χ1v) is 6.70. The first-order valence-electron chi connectivity index (χ1n) is 6.70. The number of ether oxygens (including phenoxy) is 2. The summed E-state index contributed by atoms with van der Waals surface area (Å²) in [6, 6.07) is 0.263. The van der Waals surface area contributed by atoms with Gasteiger partial charge in [0.25, 0.3) is 0 Å². The van der Waals surface area contributed by atoms with E-state index in [2.05, 4.69) is 12.2 Å². The Morgan fingerprint density at radius 2 is 1.89 bits per heavy atom. The Bertz CT molecular complexity index is 240. The maximum absolute atomic E-state index is 12.5. The highest BCUT2D eigenvalue weighted by atomic mass is 16.5. The minimum atomic E-state index is 0.0902. The lowest BCUT2D eigenvalue weighted by Crippen LogP contribution is -2.49. The monoisotopic (exact) mass is 258 g/mol. The number of nitrogens with zero attached hydrogens (tertiary/aromatic N) is 1. The number of methoxy groups -OCH3 is 2. The van der Waals surface area contributed by atoms with Crippen molar-refractivity contribution in [2.24, 2.45) is 5.92 Å². The number of piperidine rings is 1. The smallest absolute Gasteiger partial charge is 0.227 e. The Hall–Kier alpha value is -0.650. The lowest BCUT2D eigenvalue weighted by molar-refractivity contribution is -0.138. The van der Waals surface area contributed by atoms with Gasteiger partial charge in [-0.1, -0.05) is 0 Å². The van der Waals surface area contributed by atoms with Gasteiger partial charge in [0.1, 0.15) is 0 Å². The van der Waals surface area contributed by atoms with Gasteiger partial charge in [-0.2, -0.15) is 0 Å². The molecule has 1 aliphatic rings. The first-order chi connectivity index (χ1) is 8.70. The number of amides is 1. The highest BCUT2D eigenvalue weighted by Crippen LogP contribution is 2.19. The van der Waals surface area contributed by atoms with Crippen molar-refractivity contribution in [2.45, 2.75) is 25.8 Å². The molecule has 5 heteroatoms. The average Bonchev–Trinajstić information content (AvgIpc) is 2.39. The zero-order valence-corrected chi connectivity index (χ0v) is 11.8. The van der Waals surface area contributed by atoms with Crippen molar-refractivity contribution >= 4 is 5.91 Å². The summed E-state index contributed by atoms with van der Waals surface area (Å²) in [6.07, 6.45) is 2.05. The van der Waals surface area contributed by atoms with Crippen molar-refractivity contribution in [2.75, 3.05) is 47.1 Å². The average molecular weight is 258 g/mol. The largest absolute Gasteiger partial charge is 0.383 e. The Morgan fingerprint density at radius 3 is 2.39 bits per heavy atom. The van der Waals surface area contributed by atoms with Crippen molar-refractivity contribution < 1.29 is 14.3 Å². The molecule has 5 nitrogen and oxygen atoms in total. The van der Waals surface area contributed by atoms with Gasteiger partial charge in [-0.15, -0.1) is 0 Å². The lowest BCUT2D eigenvalue weighted by atomic mass is 9.90. The van der Waals surface area contributed by atoms with Crippen molar-refractivity contribution in [3.8, 4) is 0 Å². The second-order valence-corrected chi connectivity index (χ2v) is 4.80. The second-order valence-electron chi connectivity index (χ2n) is 4.80. The third-order valence-electron chi connectivity index (χ3n) is 3.52. The van der Waals surface area contributed by atoms with E-state index in [-0.39, 0.29) is 17.9 Å². The predicted molar refractivity (Wildman–Crippen MR) is 70.5 cm³/mol. The van der Waals surface area contributed by atoms with E-state index >= 15 is 0 Å². The van der Waals surface area contributed by atoms with Crippen molar-refractivity contribution in [3.05, 3.63) is 0 Å². The molecule has 1 fully saturated rings. The molecule has 2 atom stereocenters. The minimum Gasteiger partial charge on any atom is -0.383 e. The van der Waals surface area contributed by atoms with Crippen LogP contribution in [0.15, 0.2) is 0 Å². The van der Waals surface area contributed by atoms with Gasteiger partial charge in [0.2, 0.25) is 5.91 Å². The van der Waals surface area contributed by atoms with E-state index in [1.807, 2.05) is 4.90 Å². The molecule has 0 aromatic carbocycles. The summed E-state index contributed by atoms with van der Waals surface area (Å²) in [7, 11) is 3.31. The molecule has 0 bridgehead atoms. The van der Waals surface area contributed by atoms with E-state index in [1.165, 1.54) is 0 Å². The van der Waals surface area contributed by atoms with Crippen LogP contribution in [0.5, 0.6) is 0 Å². The molecule has 0 spiro atoms. The van der Waals surface area contributed by atoms with Crippen molar-refractivity contribution in [1.82, 2.24) is 10.2 Å². The summed E-state index contributed by atoms with van der Waals surface area (Å²) >= 11 is 0. The van der Waals surface area contributed by atoms with E-state index in [9.17, 15) is 4.79 Å². The Labute approximate surface area is 110 Å². The van der Waals surface area contributed by atoms with Crippen LogP contribution in [0.3, 0.4) is 0 Å². The maximum Gasteiger partial charge on any atom is 0.227 e. The molecule has 1 saturated heterocycles. The number of nitrogens with one attached hydrogen (secondary N) is 1. The van der Waals surface area contributed by atoms with E-state index in [1.54, 1.807) is 14.2 Å². The van der Waals surface area contributed by atoms with Gasteiger partial charge in [-0.3, -0.25) is 4.79 Å². The van der Waals surface area contributed by atoms with Crippen LogP contribution in [0.4, 0.5) is 0 Å². The molecule has 0 aromatic heterocycles. The third kappa shape index (κ3) is 4.55. The zero-order chi connectivity index (χ0) is 13.4. The fraction of sp³-hybridized carbons (Fsp3) is 0.923. The fourth-order valence-electron chi connectivity index (χ4n) is 2.35. The number of carbonyl (C=O) groups excluding carboxylic acids is 1. The van der Waals surface area contributed by atoms with E-state index < -0.39 is 0 Å². The van der Waals surface area contributed by atoms with Gasteiger partial charge in [-0.25, -0.2) is 0 Å². The summed E-state index contributed by atoms with van der Waals surface area (Å²) < 4.78 is 10.1. The quantitative estimate of drug-likeness (QED) is 0.722. The predicted octanol–water partition coefficient (Wildman–Crippen LogP) is 0.496. The lowest BCUT2D eigenvalue weighted by Gasteiger charge is -2.33. The van der Waals surface area contributed by atoms with Gasteiger partial charge in [0.15, 0.2) is 0 Å². The molecule has 1 aliphatic heterocycles. The van der Waals surface area contributed by atoms with Crippen LogP contribution in [0.2, 0.25) is 0 Å². The normalized spacial score (nSPS) is 23.9. The molecule has 0 aromatic rings. The second kappa shape index (κ2) is 8.45. The van der Waals surface area contributed by atoms with Crippen molar-refractivity contribution in [1.29, 1.82) is 0 Å². The number of rotatable bonds is 7. The van der Waals surface area contributed by atoms with Gasteiger partial charge >= 0.3 is 0 Å². The molecule has 106 valence electrons. The Kier molecular flexibility index (Phi) is 7.23. The van der Waals surface area contributed by atoms with Gasteiger partial charge in [0.05, 0.1) is 19.1 Å². The van der Waals surface area contributed by atoms with Crippen LogP contribution in [0.25, 0.3) is 0 Å². The van der Waals surface area contributed by atoms with Crippen LogP contribution in [-0.4, -0.2) is 63.9 Å². The molecule has 0 saturated carbocycles. The standard InChI is InChI=1S/C13H26N2O3/c1-11-12(5-4-6-14-11)13(16)15(7-9-17-2)8-10-18-3/h11-12,14H,4-10H2,1-3H3. The molecule has 2 unspecified atom stereocenters. The van der Waals surface area contributed by atoms with E-state index in [0.717, 1.165) is 19.4 Å². The highest BCUT2D eigenvalue weighted by Gasteiger charge is 2.30. The minimum absolute atomic E-state index is 0.0902. The van der Waals surface area contributed by atoms with E-state index in [0.29, 0.717) is 26.3 Å². The van der Waals surface area contributed by atoms with Crippen LogP contribution in [0.1, 0.15) is 19.8 Å². The van der Waals surface area contributed by atoms with E-state index in [4.69, 9.17) is 9.47 Å². The van der Waals surface area contributed by atoms with Gasteiger partial charge in [0, 0.05) is 33.4 Å². The number of hydrogen-bond donors (Lipinski definition) is 1. The van der Waals surface area contributed by atoms with Crippen LogP contribution in [-0.2, 0) is 14.3 Å². The number of carbonyl (C=O) groups is 1. The zero-order valence-electron chi connectivity index (χ0n) is 11.8. The SMILES string of the molecule is COCCN(CCOC)C(=O)C1CCCNC1C. The van der Waals surface area contributed by atoms with Crippen LogP contribution in [0, 0.1) is 5.92 Å². The molecular formula is C13H26N2O3. The molecule has 0 aliphatic carbocycles. The first kappa shape index (κ1) is 15.4. The van der Waals surface area contributed by atoms with Crippen LogP contribution < -0.4 is 5.32 Å². The maximum atomic E-state index is 12.5. The number of hydrogen-bond acceptors (Lipinski definition) is 4. The summed E-state index contributed by atoms with van der Waals surface area (Å²) in [5.41, 5.74) is 0. The van der Waals surface area contributed by atoms with Crippen molar-refractivity contribution in [3.63, 3.8) is 0 Å². The third-order valence-corrected chi connectivity index (χ3v) is 3.52. The molecule has 1 amide bonds. The topological polar surface area (TPSA) is 50.8 Å². The summed E-state index contributed by atoms with van der Waals surface area (Å²) in [5.74, 6) is 0.316. The molecule has 18 heavy (non-hydrogen) atoms. The Morgan fingerprint density at radius 1 is 1.28 bits per heavy atom. The fourth-order valence-corrected chi connectivity index (χ4v) is 2.35. The molecule has 0 radical (unpaired) electrons. The molecular weight excluding hydrogens is 232 g/mol.